The van der Waals surface area contributed by atoms with Crippen LogP contribution in [0.1, 0.15) is 52.0 Å². The van der Waals surface area contributed by atoms with E-state index in [0.29, 0.717) is 5.92 Å². The average molecular weight is 335 g/mol. The van der Waals surface area contributed by atoms with Crippen molar-refractivity contribution in [3.63, 3.8) is 0 Å². The monoisotopic (exact) mass is 334 g/mol. The van der Waals surface area contributed by atoms with Crippen LogP contribution in [0, 0.1) is 5.92 Å². The number of benzene rings is 1. The van der Waals surface area contributed by atoms with E-state index in [-0.39, 0.29) is 0 Å². The summed E-state index contributed by atoms with van der Waals surface area (Å²) in [5.74, 6) is 0.713. The minimum atomic E-state index is 0.713. The summed E-state index contributed by atoms with van der Waals surface area (Å²) < 4.78 is 1.17. The van der Waals surface area contributed by atoms with Crippen molar-refractivity contribution in [2.45, 2.75) is 52.9 Å². The van der Waals surface area contributed by atoms with E-state index in [9.17, 15) is 0 Å². The fraction of sp³-hybridized carbons (Fsp3) is 0.474. The second-order valence-corrected chi connectivity index (χ2v) is 6.47. The van der Waals surface area contributed by atoms with Crippen LogP contribution in [0.3, 0.4) is 0 Å². The average Bonchev–Trinajstić information content (AvgIpc) is 2.44. The molecule has 1 heteroatoms. The van der Waals surface area contributed by atoms with Gasteiger partial charge in [0.25, 0.3) is 0 Å². The molecule has 0 saturated carbocycles. The maximum atomic E-state index is 3.51. The summed E-state index contributed by atoms with van der Waals surface area (Å²) in [5, 5.41) is 0. The second-order valence-electron chi connectivity index (χ2n) is 5.55. The highest BCUT2D eigenvalue weighted by molar-refractivity contribution is 9.10. The first kappa shape index (κ1) is 17.2. The molecule has 1 aromatic carbocycles. The number of aryl methyl sites for hydroxylation is 1. The van der Waals surface area contributed by atoms with Crippen molar-refractivity contribution >= 4 is 15.9 Å². The van der Waals surface area contributed by atoms with Gasteiger partial charge in [-0.05, 0) is 49.8 Å². The molecule has 0 fully saturated rings. The van der Waals surface area contributed by atoms with Crippen LogP contribution in [0.25, 0.3) is 0 Å². The highest BCUT2D eigenvalue weighted by Crippen LogP contribution is 2.17. The van der Waals surface area contributed by atoms with Crippen LogP contribution in [0.15, 0.2) is 52.5 Å². The Labute approximate surface area is 133 Å². The Morgan fingerprint density at radius 3 is 2.85 bits per heavy atom. The van der Waals surface area contributed by atoms with Gasteiger partial charge in [-0.1, -0.05) is 78.6 Å². The van der Waals surface area contributed by atoms with Crippen LogP contribution in [-0.2, 0) is 6.42 Å². The van der Waals surface area contributed by atoms with E-state index in [1.165, 1.54) is 34.9 Å². The molecule has 1 atom stereocenters. The number of unbranched alkanes of at least 4 members (excludes halogenated alkanes) is 1. The Morgan fingerprint density at radius 1 is 1.35 bits per heavy atom. The summed E-state index contributed by atoms with van der Waals surface area (Å²) in [7, 11) is 0. The Morgan fingerprint density at radius 2 is 2.15 bits per heavy atom. The second kappa shape index (κ2) is 9.99. The molecule has 1 aromatic rings. The van der Waals surface area contributed by atoms with Gasteiger partial charge >= 0.3 is 0 Å². The lowest BCUT2D eigenvalue weighted by molar-refractivity contribution is 0.572. The SMILES string of the molecule is CCCCC(C)/C(C)=C/C=C\CCc1cccc(Br)c1. The van der Waals surface area contributed by atoms with Crippen LogP contribution in [0.4, 0.5) is 0 Å². The van der Waals surface area contributed by atoms with Gasteiger partial charge in [0.05, 0.1) is 0 Å². The third-order valence-electron chi connectivity index (χ3n) is 3.75. The molecule has 1 rings (SSSR count). The molecular formula is C19H27Br. The number of rotatable bonds is 8. The highest BCUT2D eigenvalue weighted by atomic mass is 79.9. The summed E-state index contributed by atoms with van der Waals surface area (Å²) >= 11 is 3.51. The molecule has 0 aliphatic heterocycles. The van der Waals surface area contributed by atoms with Crippen molar-refractivity contribution in [2.75, 3.05) is 0 Å². The molecular weight excluding hydrogens is 308 g/mol. The topological polar surface area (TPSA) is 0 Å². The zero-order valence-electron chi connectivity index (χ0n) is 13.0. The largest absolute Gasteiger partial charge is 0.0842 e. The lowest BCUT2D eigenvalue weighted by atomic mass is 9.96. The molecule has 0 saturated heterocycles. The van der Waals surface area contributed by atoms with Crippen molar-refractivity contribution in [1.29, 1.82) is 0 Å². The maximum Gasteiger partial charge on any atom is 0.0177 e. The van der Waals surface area contributed by atoms with Gasteiger partial charge in [0, 0.05) is 4.47 Å². The summed E-state index contributed by atoms with van der Waals surface area (Å²) in [5.41, 5.74) is 2.89. The molecule has 0 aromatic heterocycles. The van der Waals surface area contributed by atoms with E-state index in [1.54, 1.807) is 0 Å². The Kier molecular flexibility index (Phi) is 8.60. The van der Waals surface area contributed by atoms with Crippen molar-refractivity contribution in [3.8, 4) is 0 Å². The smallest absolute Gasteiger partial charge is 0.0177 e. The minimum Gasteiger partial charge on any atom is -0.0842 e. The molecule has 0 amide bonds. The van der Waals surface area contributed by atoms with Crippen molar-refractivity contribution in [1.82, 2.24) is 0 Å². The summed E-state index contributed by atoms with van der Waals surface area (Å²) in [4.78, 5) is 0. The molecule has 0 heterocycles. The van der Waals surface area contributed by atoms with E-state index in [1.807, 2.05) is 0 Å². The van der Waals surface area contributed by atoms with Crippen molar-refractivity contribution in [2.24, 2.45) is 5.92 Å². The van der Waals surface area contributed by atoms with E-state index in [2.05, 4.69) is 79.2 Å². The predicted octanol–water partition coefficient (Wildman–Crippen LogP) is 6.71. The summed E-state index contributed by atoms with van der Waals surface area (Å²) in [6, 6.07) is 8.56. The molecule has 0 aliphatic carbocycles. The Balaban J connectivity index is 2.34. The molecule has 110 valence electrons. The number of halogens is 1. The van der Waals surface area contributed by atoms with Crippen molar-refractivity contribution < 1.29 is 0 Å². The fourth-order valence-electron chi connectivity index (χ4n) is 2.16. The first-order chi connectivity index (χ1) is 9.63. The van der Waals surface area contributed by atoms with Gasteiger partial charge in [0.1, 0.15) is 0 Å². The Hall–Kier alpha value is -0.820. The molecule has 0 nitrogen and oxygen atoms in total. The van der Waals surface area contributed by atoms with Gasteiger partial charge in [-0.2, -0.15) is 0 Å². The maximum absolute atomic E-state index is 3.51. The van der Waals surface area contributed by atoms with Gasteiger partial charge < -0.3 is 0 Å². The van der Waals surface area contributed by atoms with Gasteiger partial charge in [0.15, 0.2) is 0 Å². The molecule has 0 spiro atoms. The van der Waals surface area contributed by atoms with Gasteiger partial charge in [0.2, 0.25) is 0 Å². The predicted molar refractivity (Wildman–Crippen MR) is 94.0 cm³/mol. The lowest BCUT2D eigenvalue weighted by Gasteiger charge is -2.10. The number of allylic oxidation sites excluding steroid dienone is 4. The minimum absolute atomic E-state index is 0.713. The lowest BCUT2D eigenvalue weighted by Crippen LogP contribution is -1.95. The van der Waals surface area contributed by atoms with Crippen LogP contribution >= 0.6 is 15.9 Å². The first-order valence-electron chi connectivity index (χ1n) is 7.71. The number of hydrogen-bond donors (Lipinski definition) is 0. The normalized spacial score (nSPS) is 13.9. The van der Waals surface area contributed by atoms with Crippen LogP contribution in [0.5, 0.6) is 0 Å². The van der Waals surface area contributed by atoms with Crippen LogP contribution in [0.2, 0.25) is 0 Å². The third kappa shape index (κ3) is 7.09. The molecule has 20 heavy (non-hydrogen) atoms. The Bertz CT molecular complexity index is 443. The standard InChI is InChI=1S/C19H27Br/c1-4-5-10-16(2)17(3)11-7-6-8-12-18-13-9-14-19(20)15-18/h6-7,9,11,13-16H,4-5,8,10,12H2,1-3H3/b7-6-,17-11+. The zero-order valence-corrected chi connectivity index (χ0v) is 14.6. The summed E-state index contributed by atoms with van der Waals surface area (Å²) in [6.07, 6.45) is 12.9. The number of hydrogen-bond acceptors (Lipinski definition) is 0. The van der Waals surface area contributed by atoms with Crippen molar-refractivity contribution in [3.05, 3.63) is 58.1 Å². The van der Waals surface area contributed by atoms with Crippen LogP contribution < -0.4 is 0 Å². The van der Waals surface area contributed by atoms with Gasteiger partial charge in [-0.3, -0.25) is 0 Å². The summed E-state index contributed by atoms with van der Waals surface area (Å²) in [6.45, 7) is 6.84. The van der Waals surface area contributed by atoms with E-state index in [0.717, 1.165) is 12.8 Å². The quantitative estimate of drug-likeness (QED) is 0.463. The third-order valence-corrected chi connectivity index (χ3v) is 4.25. The highest BCUT2D eigenvalue weighted by Gasteiger charge is 2.01. The van der Waals surface area contributed by atoms with E-state index in [4.69, 9.17) is 0 Å². The zero-order chi connectivity index (χ0) is 14.8. The first-order valence-corrected chi connectivity index (χ1v) is 8.50. The molecule has 0 radical (unpaired) electrons. The van der Waals surface area contributed by atoms with E-state index >= 15 is 0 Å². The van der Waals surface area contributed by atoms with Gasteiger partial charge in [-0.25, -0.2) is 0 Å². The van der Waals surface area contributed by atoms with E-state index < -0.39 is 0 Å². The molecule has 1 unspecified atom stereocenters. The molecule has 0 N–H and O–H groups in total. The van der Waals surface area contributed by atoms with Crippen LogP contribution in [-0.4, -0.2) is 0 Å². The van der Waals surface area contributed by atoms with Gasteiger partial charge in [-0.15, -0.1) is 0 Å². The molecule has 0 bridgehead atoms. The fourth-order valence-corrected chi connectivity index (χ4v) is 2.61. The molecule has 0 aliphatic rings.